The monoisotopic (exact) mass is 268 g/mol. The van der Waals surface area contributed by atoms with Crippen LogP contribution in [0.15, 0.2) is 0 Å². The molecule has 1 aromatic rings. The third-order valence-electron chi connectivity index (χ3n) is 2.93. The number of hydrogen-bond acceptors (Lipinski definition) is 3. The number of aromatic nitrogens is 2. The fourth-order valence-corrected chi connectivity index (χ4v) is 2.05. The normalized spacial score (nSPS) is 11.9. The minimum atomic E-state index is -0.805. The molecule has 0 spiro atoms. The molecule has 5 heteroatoms. The molecule has 0 fully saturated rings. The first-order chi connectivity index (χ1) is 8.68. The molecule has 0 aromatic carbocycles. The van der Waals surface area contributed by atoms with Gasteiger partial charge >= 0.3 is 5.97 Å². The second-order valence-corrected chi connectivity index (χ2v) is 6.00. The molecule has 0 saturated carbocycles. The number of ether oxygens (including phenoxy) is 1. The van der Waals surface area contributed by atoms with Gasteiger partial charge in [0.2, 0.25) is 5.88 Å². The lowest BCUT2D eigenvalue weighted by Crippen LogP contribution is -2.24. The van der Waals surface area contributed by atoms with Gasteiger partial charge in [0, 0.05) is 12.0 Å². The van der Waals surface area contributed by atoms with E-state index in [0.29, 0.717) is 12.3 Å². The van der Waals surface area contributed by atoms with Crippen LogP contribution in [0, 0.1) is 0 Å². The molecule has 1 rings (SSSR count). The highest BCUT2D eigenvalue weighted by atomic mass is 16.5. The van der Waals surface area contributed by atoms with Gasteiger partial charge in [-0.25, -0.2) is 4.68 Å². The van der Waals surface area contributed by atoms with Crippen molar-refractivity contribution >= 4 is 5.97 Å². The Morgan fingerprint density at radius 3 is 2.37 bits per heavy atom. The largest absolute Gasteiger partial charge is 0.481 e. The Kier molecular flexibility index (Phi) is 4.61. The van der Waals surface area contributed by atoms with Crippen LogP contribution in [0.4, 0.5) is 0 Å². The Morgan fingerprint density at radius 2 is 2.00 bits per heavy atom. The average molecular weight is 268 g/mol. The smallest absolute Gasteiger partial charge is 0.303 e. The predicted molar refractivity (Wildman–Crippen MR) is 73.8 cm³/mol. The molecule has 0 unspecified atom stereocenters. The number of methoxy groups -OCH3 is 1. The van der Waals surface area contributed by atoms with Crippen LogP contribution >= 0.6 is 0 Å². The van der Waals surface area contributed by atoms with Crippen molar-refractivity contribution in [2.45, 2.75) is 58.9 Å². The van der Waals surface area contributed by atoms with Gasteiger partial charge in [-0.2, -0.15) is 5.10 Å². The van der Waals surface area contributed by atoms with Gasteiger partial charge in [-0.05, 0) is 33.1 Å². The first kappa shape index (κ1) is 15.5. The number of aliphatic carboxylic acids is 1. The second kappa shape index (κ2) is 5.63. The predicted octanol–water partition coefficient (Wildman–Crippen LogP) is 2.79. The molecule has 0 aliphatic rings. The molecule has 108 valence electrons. The van der Waals surface area contributed by atoms with Crippen molar-refractivity contribution in [2.24, 2.45) is 0 Å². The van der Waals surface area contributed by atoms with Crippen LogP contribution in [0.5, 0.6) is 5.88 Å². The molecule has 0 aliphatic heterocycles. The Bertz CT molecular complexity index is 456. The van der Waals surface area contributed by atoms with Crippen molar-refractivity contribution in [3.8, 4) is 5.88 Å². The molecule has 1 N–H and O–H groups in total. The van der Waals surface area contributed by atoms with E-state index >= 15 is 0 Å². The maximum atomic E-state index is 10.8. The lowest BCUT2D eigenvalue weighted by molar-refractivity contribution is -0.136. The Labute approximate surface area is 114 Å². The number of hydrogen-bond donors (Lipinski definition) is 1. The van der Waals surface area contributed by atoms with Crippen LogP contribution < -0.4 is 4.74 Å². The number of carboxylic acids is 1. The molecular formula is C14H24N2O3. The minimum absolute atomic E-state index is 0.0892. The maximum Gasteiger partial charge on any atom is 0.303 e. The summed E-state index contributed by atoms with van der Waals surface area (Å²) in [6, 6.07) is 0. The van der Waals surface area contributed by atoms with E-state index in [9.17, 15) is 4.79 Å². The standard InChI is InChI=1S/C14H24N2O3/c1-9(2)12-10(7-8-11(17)18)13(19-6)16(15-12)14(3,4)5/h9H,7-8H2,1-6H3,(H,17,18). The zero-order valence-corrected chi connectivity index (χ0v) is 12.6. The lowest BCUT2D eigenvalue weighted by atomic mass is 10.0. The zero-order chi connectivity index (χ0) is 14.8. The SMILES string of the molecule is COc1c(CCC(=O)O)c(C(C)C)nn1C(C)(C)C. The van der Waals surface area contributed by atoms with E-state index in [-0.39, 0.29) is 17.9 Å². The Balaban J connectivity index is 3.31. The van der Waals surface area contributed by atoms with Gasteiger partial charge in [-0.15, -0.1) is 0 Å². The van der Waals surface area contributed by atoms with Crippen LogP contribution in [0.25, 0.3) is 0 Å². The van der Waals surface area contributed by atoms with Crippen LogP contribution in [-0.4, -0.2) is 28.0 Å². The average Bonchev–Trinajstić information content (AvgIpc) is 2.64. The fraction of sp³-hybridized carbons (Fsp3) is 0.714. The zero-order valence-electron chi connectivity index (χ0n) is 12.6. The molecule has 0 saturated heterocycles. The van der Waals surface area contributed by atoms with E-state index in [1.54, 1.807) is 7.11 Å². The number of carboxylic acid groups (broad SMARTS) is 1. The summed E-state index contributed by atoms with van der Waals surface area (Å²) < 4.78 is 7.32. The van der Waals surface area contributed by atoms with E-state index in [2.05, 4.69) is 18.9 Å². The number of rotatable bonds is 5. The van der Waals surface area contributed by atoms with Crippen molar-refractivity contribution in [3.05, 3.63) is 11.3 Å². The Hall–Kier alpha value is -1.52. The molecular weight excluding hydrogens is 244 g/mol. The van der Waals surface area contributed by atoms with E-state index in [1.807, 2.05) is 25.5 Å². The summed E-state index contributed by atoms with van der Waals surface area (Å²) in [5, 5.41) is 13.5. The van der Waals surface area contributed by atoms with Crippen molar-refractivity contribution < 1.29 is 14.6 Å². The van der Waals surface area contributed by atoms with Crippen molar-refractivity contribution in [1.82, 2.24) is 9.78 Å². The quantitative estimate of drug-likeness (QED) is 0.891. The van der Waals surface area contributed by atoms with Crippen LogP contribution in [0.1, 0.15) is 58.2 Å². The summed E-state index contributed by atoms with van der Waals surface area (Å²) in [5.74, 6) is 0.110. The van der Waals surface area contributed by atoms with Crippen molar-refractivity contribution in [2.75, 3.05) is 7.11 Å². The molecule has 0 radical (unpaired) electrons. The van der Waals surface area contributed by atoms with Crippen molar-refractivity contribution in [3.63, 3.8) is 0 Å². The van der Waals surface area contributed by atoms with E-state index < -0.39 is 5.97 Å². The molecule has 1 aromatic heterocycles. The molecule has 0 atom stereocenters. The first-order valence-corrected chi connectivity index (χ1v) is 6.56. The van der Waals surface area contributed by atoms with Gasteiger partial charge < -0.3 is 9.84 Å². The Morgan fingerprint density at radius 1 is 1.42 bits per heavy atom. The van der Waals surface area contributed by atoms with Crippen LogP contribution in [0.3, 0.4) is 0 Å². The fourth-order valence-electron chi connectivity index (χ4n) is 2.05. The van der Waals surface area contributed by atoms with Gasteiger partial charge in [0.05, 0.1) is 18.3 Å². The molecule has 1 heterocycles. The highest BCUT2D eigenvalue weighted by Crippen LogP contribution is 2.33. The summed E-state index contributed by atoms with van der Waals surface area (Å²) in [7, 11) is 1.60. The summed E-state index contributed by atoms with van der Waals surface area (Å²) in [5.41, 5.74) is 1.64. The number of carbonyl (C=O) groups is 1. The summed E-state index contributed by atoms with van der Waals surface area (Å²) in [6.45, 7) is 10.3. The van der Waals surface area contributed by atoms with E-state index in [0.717, 1.165) is 11.3 Å². The summed E-state index contributed by atoms with van der Waals surface area (Å²) >= 11 is 0. The number of nitrogens with zero attached hydrogens (tertiary/aromatic N) is 2. The third-order valence-corrected chi connectivity index (χ3v) is 2.93. The first-order valence-electron chi connectivity index (χ1n) is 6.56. The van der Waals surface area contributed by atoms with E-state index in [1.165, 1.54) is 0 Å². The topological polar surface area (TPSA) is 64.3 Å². The summed E-state index contributed by atoms with van der Waals surface area (Å²) in [6.07, 6.45) is 0.536. The second-order valence-electron chi connectivity index (χ2n) is 6.00. The van der Waals surface area contributed by atoms with E-state index in [4.69, 9.17) is 9.84 Å². The molecule has 19 heavy (non-hydrogen) atoms. The molecule has 0 aliphatic carbocycles. The molecule has 0 amide bonds. The van der Waals surface area contributed by atoms with Crippen LogP contribution in [-0.2, 0) is 16.8 Å². The molecule has 5 nitrogen and oxygen atoms in total. The van der Waals surface area contributed by atoms with Gasteiger partial charge in [-0.3, -0.25) is 4.79 Å². The third kappa shape index (κ3) is 3.49. The van der Waals surface area contributed by atoms with Gasteiger partial charge in [-0.1, -0.05) is 13.8 Å². The van der Waals surface area contributed by atoms with Crippen molar-refractivity contribution in [1.29, 1.82) is 0 Å². The van der Waals surface area contributed by atoms with Gasteiger partial charge in [0.1, 0.15) is 0 Å². The van der Waals surface area contributed by atoms with Gasteiger partial charge in [0.15, 0.2) is 0 Å². The lowest BCUT2D eigenvalue weighted by Gasteiger charge is -2.21. The highest BCUT2D eigenvalue weighted by Gasteiger charge is 2.27. The maximum absolute atomic E-state index is 10.8. The summed E-state index contributed by atoms with van der Waals surface area (Å²) in [4.78, 5) is 10.8. The minimum Gasteiger partial charge on any atom is -0.481 e. The molecule has 0 bridgehead atoms. The van der Waals surface area contributed by atoms with Crippen LogP contribution in [0.2, 0.25) is 0 Å². The van der Waals surface area contributed by atoms with Gasteiger partial charge in [0.25, 0.3) is 0 Å². The highest BCUT2D eigenvalue weighted by molar-refractivity contribution is 5.67.